The van der Waals surface area contributed by atoms with E-state index >= 15 is 0 Å². The van der Waals surface area contributed by atoms with E-state index in [1.165, 1.54) is 11.8 Å². The molecule has 2 rings (SSSR count). The van der Waals surface area contributed by atoms with Crippen molar-refractivity contribution in [3.05, 3.63) is 58.1 Å². The molecule has 1 aromatic carbocycles. The Labute approximate surface area is 109 Å². The largest absolute Gasteiger partial charge is 0.476 e. The lowest BCUT2D eigenvalue weighted by atomic mass is 10.1. The van der Waals surface area contributed by atoms with Crippen LogP contribution < -0.4 is 0 Å². The fourth-order valence-corrected chi connectivity index (χ4v) is 1.70. The predicted octanol–water partition coefficient (Wildman–Crippen LogP) is 2.73. The highest BCUT2D eigenvalue weighted by atomic mass is 35.5. The maximum atomic E-state index is 10.9. The molecule has 1 aromatic heterocycles. The summed E-state index contributed by atoms with van der Waals surface area (Å²) in [5.41, 5.74) is 2.04. The number of rotatable bonds is 3. The number of carbonyl (C=O) groups is 1. The fourth-order valence-electron chi connectivity index (χ4n) is 1.53. The standard InChI is InChI=1S/C13H11ClN2O2/c1-8-2-4-9(5-3-8)6-11-15-7-10(14)12(16-11)13(17)18/h2-5,7H,6H2,1H3,(H,17,18). The number of benzene rings is 1. The topological polar surface area (TPSA) is 63.1 Å². The third-order valence-electron chi connectivity index (χ3n) is 2.48. The van der Waals surface area contributed by atoms with Crippen LogP contribution in [0.25, 0.3) is 0 Å². The van der Waals surface area contributed by atoms with Gasteiger partial charge in [0.1, 0.15) is 5.82 Å². The Morgan fingerprint density at radius 3 is 2.61 bits per heavy atom. The van der Waals surface area contributed by atoms with E-state index in [2.05, 4.69) is 9.97 Å². The summed E-state index contributed by atoms with van der Waals surface area (Å²) in [7, 11) is 0. The molecule has 0 radical (unpaired) electrons. The van der Waals surface area contributed by atoms with Gasteiger partial charge < -0.3 is 5.11 Å². The van der Waals surface area contributed by atoms with Crippen LogP contribution in [0.3, 0.4) is 0 Å². The number of hydrogen-bond donors (Lipinski definition) is 1. The summed E-state index contributed by atoms with van der Waals surface area (Å²) < 4.78 is 0. The van der Waals surface area contributed by atoms with Gasteiger partial charge in [0.2, 0.25) is 0 Å². The van der Waals surface area contributed by atoms with E-state index in [-0.39, 0.29) is 10.7 Å². The molecule has 92 valence electrons. The highest BCUT2D eigenvalue weighted by molar-refractivity contribution is 6.33. The minimum Gasteiger partial charge on any atom is -0.476 e. The number of nitrogens with zero attached hydrogens (tertiary/aromatic N) is 2. The molecule has 0 aliphatic rings. The zero-order valence-electron chi connectivity index (χ0n) is 9.72. The predicted molar refractivity (Wildman–Crippen MR) is 68.0 cm³/mol. The van der Waals surface area contributed by atoms with E-state index in [1.54, 1.807) is 0 Å². The van der Waals surface area contributed by atoms with Gasteiger partial charge in [-0.05, 0) is 12.5 Å². The summed E-state index contributed by atoms with van der Waals surface area (Å²) in [4.78, 5) is 18.9. The van der Waals surface area contributed by atoms with Gasteiger partial charge in [0.05, 0.1) is 11.2 Å². The third-order valence-corrected chi connectivity index (χ3v) is 2.76. The Morgan fingerprint density at radius 1 is 1.33 bits per heavy atom. The SMILES string of the molecule is Cc1ccc(Cc2ncc(Cl)c(C(=O)O)n2)cc1. The van der Waals surface area contributed by atoms with Crippen molar-refractivity contribution in [3.63, 3.8) is 0 Å². The van der Waals surface area contributed by atoms with Crippen LogP contribution in [0.2, 0.25) is 5.02 Å². The van der Waals surface area contributed by atoms with Crippen molar-refractivity contribution in [2.75, 3.05) is 0 Å². The van der Waals surface area contributed by atoms with E-state index in [0.717, 1.165) is 5.56 Å². The number of hydrogen-bond acceptors (Lipinski definition) is 3. The Kier molecular flexibility index (Phi) is 3.58. The molecule has 4 nitrogen and oxygen atoms in total. The number of aromatic nitrogens is 2. The number of aryl methyl sites for hydroxylation is 1. The second-order valence-electron chi connectivity index (χ2n) is 3.95. The second-order valence-corrected chi connectivity index (χ2v) is 4.36. The second kappa shape index (κ2) is 5.14. The van der Waals surface area contributed by atoms with Gasteiger partial charge in [0, 0.05) is 6.42 Å². The van der Waals surface area contributed by atoms with Gasteiger partial charge in [-0.2, -0.15) is 0 Å². The molecule has 0 aliphatic carbocycles. The molecule has 0 aliphatic heterocycles. The van der Waals surface area contributed by atoms with E-state index < -0.39 is 5.97 Å². The summed E-state index contributed by atoms with van der Waals surface area (Å²) in [6.07, 6.45) is 1.80. The first-order valence-corrected chi connectivity index (χ1v) is 5.74. The highest BCUT2D eigenvalue weighted by Gasteiger charge is 2.12. The van der Waals surface area contributed by atoms with Crippen molar-refractivity contribution >= 4 is 17.6 Å². The fraction of sp³-hybridized carbons (Fsp3) is 0.154. The molecule has 18 heavy (non-hydrogen) atoms. The van der Waals surface area contributed by atoms with Crippen LogP contribution >= 0.6 is 11.6 Å². The van der Waals surface area contributed by atoms with Crippen molar-refractivity contribution in [2.45, 2.75) is 13.3 Å². The van der Waals surface area contributed by atoms with Crippen molar-refractivity contribution < 1.29 is 9.90 Å². The smallest absolute Gasteiger partial charge is 0.356 e. The normalized spacial score (nSPS) is 10.3. The molecule has 2 aromatic rings. The molecule has 0 saturated heterocycles. The van der Waals surface area contributed by atoms with Crippen LogP contribution in [0.4, 0.5) is 0 Å². The van der Waals surface area contributed by atoms with E-state index in [9.17, 15) is 4.79 Å². The van der Waals surface area contributed by atoms with Crippen LogP contribution in [0.5, 0.6) is 0 Å². The average Bonchev–Trinajstić information content (AvgIpc) is 2.34. The zero-order chi connectivity index (χ0) is 13.1. The lowest BCUT2D eigenvalue weighted by Crippen LogP contribution is -2.06. The van der Waals surface area contributed by atoms with Crippen LogP contribution in [-0.2, 0) is 6.42 Å². The molecule has 0 saturated carbocycles. The molecule has 0 spiro atoms. The first kappa shape index (κ1) is 12.5. The van der Waals surface area contributed by atoms with Gasteiger partial charge >= 0.3 is 5.97 Å². The number of carboxylic acids is 1. The minimum absolute atomic E-state index is 0.0511. The number of halogens is 1. The molecular formula is C13H11ClN2O2. The molecule has 0 amide bonds. The Bertz CT molecular complexity index is 582. The quantitative estimate of drug-likeness (QED) is 0.924. The Hall–Kier alpha value is -1.94. The third kappa shape index (κ3) is 2.84. The molecule has 0 unspecified atom stereocenters. The summed E-state index contributed by atoms with van der Waals surface area (Å²) in [5.74, 6) is -0.701. The number of carboxylic acid groups (broad SMARTS) is 1. The van der Waals surface area contributed by atoms with Gasteiger partial charge in [-0.25, -0.2) is 14.8 Å². The molecule has 1 N–H and O–H groups in total. The van der Waals surface area contributed by atoms with Crippen LogP contribution in [-0.4, -0.2) is 21.0 Å². The molecule has 0 atom stereocenters. The summed E-state index contributed by atoms with van der Waals surface area (Å²) in [6.45, 7) is 2.01. The number of aromatic carboxylic acids is 1. The lowest BCUT2D eigenvalue weighted by Gasteiger charge is -2.03. The van der Waals surface area contributed by atoms with Crippen molar-refractivity contribution in [1.82, 2.24) is 9.97 Å². The maximum Gasteiger partial charge on any atom is 0.356 e. The molecule has 0 fully saturated rings. The molecule has 0 bridgehead atoms. The van der Waals surface area contributed by atoms with E-state index in [1.807, 2.05) is 31.2 Å². The van der Waals surface area contributed by atoms with E-state index in [4.69, 9.17) is 16.7 Å². The Balaban J connectivity index is 2.27. The zero-order valence-corrected chi connectivity index (χ0v) is 10.5. The Morgan fingerprint density at radius 2 is 2.00 bits per heavy atom. The van der Waals surface area contributed by atoms with Gasteiger partial charge in [0.15, 0.2) is 5.69 Å². The van der Waals surface area contributed by atoms with E-state index in [0.29, 0.717) is 12.2 Å². The summed E-state index contributed by atoms with van der Waals surface area (Å²) >= 11 is 5.71. The van der Waals surface area contributed by atoms with Gasteiger partial charge in [-0.1, -0.05) is 41.4 Å². The average molecular weight is 263 g/mol. The monoisotopic (exact) mass is 262 g/mol. The first-order chi connectivity index (χ1) is 8.56. The van der Waals surface area contributed by atoms with Crippen LogP contribution in [0.15, 0.2) is 30.5 Å². The molecular weight excluding hydrogens is 252 g/mol. The minimum atomic E-state index is -1.15. The van der Waals surface area contributed by atoms with Crippen molar-refractivity contribution in [3.8, 4) is 0 Å². The van der Waals surface area contributed by atoms with Crippen molar-refractivity contribution in [2.24, 2.45) is 0 Å². The first-order valence-electron chi connectivity index (χ1n) is 5.36. The lowest BCUT2D eigenvalue weighted by molar-refractivity contribution is 0.0690. The van der Waals surface area contributed by atoms with Crippen LogP contribution in [0, 0.1) is 6.92 Å². The molecule has 5 heteroatoms. The van der Waals surface area contributed by atoms with Gasteiger partial charge in [-0.15, -0.1) is 0 Å². The van der Waals surface area contributed by atoms with Gasteiger partial charge in [0.25, 0.3) is 0 Å². The van der Waals surface area contributed by atoms with Crippen LogP contribution in [0.1, 0.15) is 27.4 Å². The highest BCUT2D eigenvalue weighted by Crippen LogP contribution is 2.14. The van der Waals surface area contributed by atoms with Crippen molar-refractivity contribution in [1.29, 1.82) is 0 Å². The molecule has 1 heterocycles. The van der Waals surface area contributed by atoms with Gasteiger partial charge in [-0.3, -0.25) is 0 Å². The maximum absolute atomic E-state index is 10.9. The summed E-state index contributed by atoms with van der Waals surface area (Å²) in [6, 6.07) is 7.91. The summed E-state index contributed by atoms with van der Waals surface area (Å²) in [5, 5.41) is 8.97.